The fourth-order valence-electron chi connectivity index (χ4n) is 4.64. The Morgan fingerprint density at radius 1 is 1.06 bits per heavy atom. The van der Waals surface area contributed by atoms with Gasteiger partial charge in [0, 0.05) is 36.4 Å². The van der Waals surface area contributed by atoms with Gasteiger partial charge >= 0.3 is 0 Å². The minimum atomic E-state index is -0.206. The first-order chi connectivity index (χ1) is 17.5. The highest BCUT2D eigenvalue weighted by Gasteiger charge is 2.42. The van der Waals surface area contributed by atoms with Crippen LogP contribution in [0, 0.1) is 6.92 Å². The van der Waals surface area contributed by atoms with Crippen molar-refractivity contribution in [2.45, 2.75) is 25.9 Å². The van der Waals surface area contributed by atoms with Gasteiger partial charge in [-0.2, -0.15) is 0 Å². The summed E-state index contributed by atoms with van der Waals surface area (Å²) in [7, 11) is 1.58. The Kier molecular flexibility index (Phi) is 6.43. The highest BCUT2D eigenvalue weighted by atomic mass is 32.1. The lowest BCUT2D eigenvalue weighted by molar-refractivity contribution is -0.114. The molecule has 3 heterocycles. The molecule has 0 spiro atoms. The number of carbonyl (C=O) groups excluding carboxylic acids is 1. The number of rotatable bonds is 6. The number of benzene rings is 2. The first-order valence-corrected chi connectivity index (χ1v) is 12.1. The van der Waals surface area contributed by atoms with Crippen LogP contribution in [0.5, 0.6) is 5.75 Å². The largest absolute Gasteiger partial charge is 0.495 e. The lowest BCUT2D eigenvalue weighted by Crippen LogP contribution is -2.30. The van der Waals surface area contributed by atoms with Crippen LogP contribution < -0.4 is 20.3 Å². The third-order valence-electron chi connectivity index (χ3n) is 6.27. The summed E-state index contributed by atoms with van der Waals surface area (Å²) in [6.45, 7) is 3.55. The van der Waals surface area contributed by atoms with E-state index in [0.717, 1.165) is 22.8 Å². The number of anilines is 2. The van der Waals surface area contributed by atoms with Crippen LogP contribution in [0.3, 0.4) is 0 Å². The molecule has 4 aromatic rings. The van der Waals surface area contributed by atoms with Crippen LogP contribution in [0.25, 0.3) is 5.69 Å². The second-order valence-corrected chi connectivity index (χ2v) is 9.09. The average molecular weight is 498 g/mol. The number of pyridine rings is 1. The number of carbonyl (C=O) groups is 1. The standard InChI is InChI=1S/C28H27N5O2S/c1-18-9-11-20(12-10-18)32-16-6-8-24(32)27-26(22-7-4-5-15-29-22)31-28(36)33(27)21-13-14-25(35-3)23(17-21)30-19(2)34/h4-17,26-27H,1-3H3,(H,30,34)(H,31,36)/t26-,27-/m0/s1. The number of hydrogen-bond acceptors (Lipinski definition) is 4. The summed E-state index contributed by atoms with van der Waals surface area (Å²) < 4.78 is 7.65. The zero-order chi connectivity index (χ0) is 25.2. The van der Waals surface area contributed by atoms with E-state index in [4.69, 9.17) is 17.0 Å². The van der Waals surface area contributed by atoms with Crippen molar-refractivity contribution in [3.63, 3.8) is 0 Å². The normalized spacial score (nSPS) is 17.1. The van der Waals surface area contributed by atoms with Crippen LogP contribution in [0.4, 0.5) is 11.4 Å². The average Bonchev–Trinajstić information content (AvgIpc) is 3.49. The molecule has 2 aromatic heterocycles. The van der Waals surface area contributed by atoms with Gasteiger partial charge in [-0.3, -0.25) is 9.78 Å². The molecular formula is C28H27N5O2S. The van der Waals surface area contributed by atoms with Crippen molar-refractivity contribution in [3.05, 3.63) is 102 Å². The van der Waals surface area contributed by atoms with Gasteiger partial charge in [-0.1, -0.05) is 23.8 Å². The number of aromatic nitrogens is 2. The number of nitrogens with zero attached hydrogens (tertiary/aromatic N) is 3. The first-order valence-electron chi connectivity index (χ1n) is 11.7. The maximum atomic E-state index is 11.9. The van der Waals surface area contributed by atoms with Crippen molar-refractivity contribution >= 4 is 34.6 Å². The van der Waals surface area contributed by atoms with Gasteiger partial charge < -0.3 is 24.8 Å². The Balaban J connectivity index is 1.66. The molecule has 2 atom stereocenters. The topological polar surface area (TPSA) is 71.4 Å². The molecule has 0 aliphatic carbocycles. The first kappa shape index (κ1) is 23.6. The zero-order valence-corrected chi connectivity index (χ0v) is 21.1. The molecule has 7 nitrogen and oxygen atoms in total. The van der Waals surface area contributed by atoms with Gasteiger partial charge in [0.15, 0.2) is 5.11 Å². The third-order valence-corrected chi connectivity index (χ3v) is 6.58. The summed E-state index contributed by atoms with van der Waals surface area (Å²) in [5.74, 6) is 0.400. The van der Waals surface area contributed by atoms with Gasteiger partial charge in [-0.25, -0.2) is 0 Å². The van der Waals surface area contributed by atoms with E-state index in [-0.39, 0.29) is 18.0 Å². The molecule has 1 amide bonds. The van der Waals surface area contributed by atoms with E-state index in [2.05, 4.69) is 68.5 Å². The molecule has 0 saturated carbocycles. The zero-order valence-electron chi connectivity index (χ0n) is 20.3. The number of nitrogens with one attached hydrogen (secondary N) is 2. The second kappa shape index (κ2) is 9.83. The molecular weight excluding hydrogens is 470 g/mol. The van der Waals surface area contributed by atoms with Crippen LogP contribution in [-0.2, 0) is 4.79 Å². The molecule has 2 N–H and O–H groups in total. The lowest BCUT2D eigenvalue weighted by atomic mass is 10.0. The van der Waals surface area contributed by atoms with E-state index < -0.39 is 0 Å². The number of hydrogen-bond donors (Lipinski definition) is 2. The van der Waals surface area contributed by atoms with Gasteiger partial charge in [0.25, 0.3) is 0 Å². The number of thiocarbonyl (C=S) groups is 1. The van der Waals surface area contributed by atoms with Crippen LogP contribution in [0.15, 0.2) is 85.2 Å². The molecule has 36 heavy (non-hydrogen) atoms. The van der Waals surface area contributed by atoms with Crippen LogP contribution >= 0.6 is 12.2 Å². The number of ether oxygens (including phenoxy) is 1. The fraction of sp³-hybridized carbons (Fsp3) is 0.179. The minimum Gasteiger partial charge on any atom is -0.495 e. The van der Waals surface area contributed by atoms with Gasteiger partial charge in [0.05, 0.1) is 24.5 Å². The van der Waals surface area contributed by atoms with Crippen molar-refractivity contribution < 1.29 is 9.53 Å². The summed E-state index contributed by atoms with van der Waals surface area (Å²) in [6, 6.07) is 23.8. The minimum absolute atomic E-state index is 0.177. The van der Waals surface area contributed by atoms with Gasteiger partial charge in [0.1, 0.15) is 11.8 Å². The number of aryl methyl sites for hydroxylation is 1. The van der Waals surface area contributed by atoms with Crippen LogP contribution in [0.2, 0.25) is 0 Å². The molecule has 2 aromatic carbocycles. The summed E-state index contributed by atoms with van der Waals surface area (Å²) >= 11 is 5.88. The molecule has 0 radical (unpaired) electrons. The summed E-state index contributed by atoms with van der Waals surface area (Å²) in [4.78, 5) is 18.6. The summed E-state index contributed by atoms with van der Waals surface area (Å²) in [5.41, 5.74) is 5.62. The fourth-order valence-corrected chi connectivity index (χ4v) is 4.99. The molecule has 0 unspecified atom stereocenters. The maximum absolute atomic E-state index is 11.9. The molecule has 182 valence electrons. The highest BCUT2D eigenvalue weighted by Crippen LogP contribution is 2.43. The molecule has 1 aliphatic rings. The quantitative estimate of drug-likeness (QED) is 0.351. The van der Waals surface area contributed by atoms with Gasteiger partial charge in [-0.15, -0.1) is 0 Å². The third kappa shape index (κ3) is 4.43. The van der Waals surface area contributed by atoms with E-state index in [1.165, 1.54) is 12.5 Å². The van der Waals surface area contributed by atoms with E-state index in [0.29, 0.717) is 16.5 Å². The maximum Gasteiger partial charge on any atom is 0.221 e. The molecule has 8 heteroatoms. The highest BCUT2D eigenvalue weighted by molar-refractivity contribution is 7.80. The van der Waals surface area contributed by atoms with E-state index in [9.17, 15) is 4.79 Å². The Labute approximate surface area is 215 Å². The predicted molar refractivity (Wildman–Crippen MR) is 146 cm³/mol. The van der Waals surface area contributed by atoms with E-state index in [1.807, 2.05) is 42.5 Å². The van der Waals surface area contributed by atoms with E-state index in [1.54, 1.807) is 13.3 Å². The second-order valence-electron chi connectivity index (χ2n) is 8.70. The van der Waals surface area contributed by atoms with Crippen molar-refractivity contribution in [1.82, 2.24) is 14.9 Å². The number of methoxy groups -OCH3 is 1. The molecule has 5 rings (SSSR count). The Morgan fingerprint density at radius 2 is 1.83 bits per heavy atom. The van der Waals surface area contributed by atoms with Gasteiger partial charge in [-0.05, 0) is 73.7 Å². The molecule has 1 aliphatic heterocycles. The summed E-state index contributed by atoms with van der Waals surface area (Å²) in [5, 5.41) is 6.94. The Hall–Kier alpha value is -4.17. The smallest absolute Gasteiger partial charge is 0.221 e. The lowest BCUT2D eigenvalue weighted by Gasteiger charge is -2.29. The number of amides is 1. The predicted octanol–water partition coefficient (Wildman–Crippen LogP) is 5.32. The Morgan fingerprint density at radius 3 is 2.53 bits per heavy atom. The monoisotopic (exact) mass is 497 g/mol. The molecule has 0 bridgehead atoms. The van der Waals surface area contributed by atoms with Crippen molar-refractivity contribution in [3.8, 4) is 11.4 Å². The van der Waals surface area contributed by atoms with Crippen molar-refractivity contribution in [2.75, 3.05) is 17.3 Å². The van der Waals surface area contributed by atoms with Crippen LogP contribution in [-0.4, -0.2) is 27.7 Å². The molecule has 1 fully saturated rings. The van der Waals surface area contributed by atoms with Crippen LogP contribution in [0.1, 0.15) is 36.0 Å². The van der Waals surface area contributed by atoms with Gasteiger partial charge in [0.2, 0.25) is 5.91 Å². The SMILES string of the molecule is COc1ccc(N2C(=S)N[C@@H](c3ccccn3)[C@@H]2c2cccn2-c2ccc(C)cc2)cc1NC(C)=O. The Bertz CT molecular complexity index is 1400. The van der Waals surface area contributed by atoms with Crippen molar-refractivity contribution in [1.29, 1.82) is 0 Å². The van der Waals surface area contributed by atoms with Crippen molar-refractivity contribution in [2.24, 2.45) is 0 Å². The van der Waals surface area contributed by atoms with E-state index >= 15 is 0 Å². The molecule has 1 saturated heterocycles. The summed E-state index contributed by atoms with van der Waals surface area (Å²) in [6.07, 6.45) is 3.85.